The molecule has 1 atom stereocenters. The molecular formula is C8H10ClFN2O3. The van der Waals surface area contributed by atoms with Gasteiger partial charge in [0.1, 0.15) is 5.82 Å². The molecule has 0 saturated heterocycles. The van der Waals surface area contributed by atoms with Gasteiger partial charge in [0.2, 0.25) is 0 Å². The van der Waals surface area contributed by atoms with E-state index in [2.05, 4.69) is 0 Å². The Kier molecular flexibility index (Phi) is 5.13. The first-order chi connectivity index (χ1) is 6.56. The van der Waals surface area contributed by atoms with E-state index in [0.29, 0.717) is 0 Å². The van der Waals surface area contributed by atoms with Crippen LogP contribution in [0.1, 0.15) is 11.6 Å². The molecule has 84 valence electrons. The monoisotopic (exact) mass is 236 g/mol. The van der Waals surface area contributed by atoms with Crippen LogP contribution < -0.4 is 5.73 Å². The number of non-ortho nitro benzene ring substituents is 1. The molecule has 1 rings (SSSR count). The number of nitrogens with zero attached hydrogens (tertiary/aromatic N) is 1. The van der Waals surface area contributed by atoms with Gasteiger partial charge in [0.05, 0.1) is 17.6 Å². The summed E-state index contributed by atoms with van der Waals surface area (Å²) in [6, 6.07) is 2.09. The summed E-state index contributed by atoms with van der Waals surface area (Å²) in [6.07, 6.45) is 0. The van der Waals surface area contributed by atoms with E-state index in [1.807, 2.05) is 0 Å². The Bertz CT molecular complexity index is 362. The third kappa shape index (κ3) is 3.12. The molecule has 0 aliphatic heterocycles. The van der Waals surface area contributed by atoms with Crippen LogP contribution in [0.15, 0.2) is 18.2 Å². The fourth-order valence-electron chi connectivity index (χ4n) is 1.03. The van der Waals surface area contributed by atoms with Crippen molar-refractivity contribution in [3.63, 3.8) is 0 Å². The Morgan fingerprint density at radius 1 is 1.60 bits per heavy atom. The summed E-state index contributed by atoms with van der Waals surface area (Å²) in [5, 5.41) is 19.0. The maximum atomic E-state index is 13.1. The SMILES string of the molecule is Cl.N[C@@H](CO)c1cc([N+](=O)[O-])ccc1F. The molecule has 0 amide bonds. The molecule has 0 radical (unpaired) electrons. The molecule has 0 aromatic heterocycles. The molecule has 5 nitrogen and oxygen atoms in total. The number of aliphatic hydroxyl groups excluding tert-OH is 1. The highest BCUT2D eigenvalue weighted by Gasteiger charge is 2.15. The summed E-state index contributed by atoms with van der Waals surface area (Å²) in [7, 11) is 0. The summed E-state index contributed by atoms with van der Waals surface area (Å²) in [5.41, 5.74) is 5.05. The topological polar surface area (TPSA) is 89.4 Å². The number of rotatable bonds is 3. The number of nitrogens with two attached hydrogens (primary N) is 1. The third-order valence-corrected chi connectivity index (χ3v) is 1.79. The van der Waals surface area contributed by atoms with E-state index >= 15 is 0 Å². The second-order valence-corrected chi connectivity index (χ2v) is 2.75. The minimum atomic E-state index is -0.935. The van der Waals surface area contributed by atoms with Crippen molar-refractivity contribution >= 4 is 18.1 Å². The van der Waals surface area contributed by atoms with E-state index in [-0.39, 0.29) is 23.7 Å². The summed E-state index contributed by atoms with van der Waals surface area (Å²) in [6.45, 7) is -0.460. The van der Waals surface area contributed by atoms with Crippen LogP contribution >= 0.6 is 12.4 Å². The maximum Gasteiger partial charge on any atom is 0.269 e. The summed E-state index contributed by atoms with van der Waals surface area (Å²) >= 11 is 0. The van der Waals surface area contributed by atoms with Gasteiger partial charge in [-0.1, -0.05) is 0 Å². The molecule has 0 saturated carbocycles. The van der Waals surface area contributed by atoms with Crippen molar-refractivity contribution in [2.24, 2.45) is 5.73 Å². The zero-order valence-electron chi connectivity index (χ0n) is 7.59. The lowest BCUT2D eigenvalue weighted by molar-refractivity contribution is -0.385. The molecular weight excluding hydrogens is 227 g/mol. The number of hydrogen-bond donors (Lipinski definition) is 2. The van der Waals surface area contributed by atoms with Crippen LogP contribution in [-0.4, -0.2) is 16.6 Å². The first-order valence-corrected chi connectivity index (χ1v) is 3.86. The fraction of sp³-hybridized carbons (Fsp3) is 0.250. The smallest absolute Gasteiger partial charge is 0.269 e. The zero-order valence-corrected chi connectivity index (χ0v) is 8.41. The van der Waals surface area contributed by atoms with Crippen LogP contribution in [0.25, 0.3) is 0 Å². The quantitative estimate of drug-likeness (QED) is 0.609. The highest BCUT2D eigenvalue weighted by molar-refractivity contribution is 5.85. The lowest BCUT2D eigenvalue weighted by Crippen LogP contribution is -2.16. The zero-order chi connectivity index (χ0) is 10.7. The van der Waals surface area contributed by atoms with Crippen molar-refractivity contribution in [1.29, 1.82) is 0 Å². The van der Waals surface area contributed by atoms with Crippen LogP contribution in [-0.2, 0) is 0 Å². The van der Waals surface area contributed by atoms with Crippen LogP contribution in [0.4, 0.5) is 10.1 Å². The lowest BCUT2D eigenvalue weighted by atomic mass is 10.1. The van der Waals surface area contributed by atoms with Crippen LogP contribution in [0.5, 0.6) is 0 Å². The van der Waals surface area contributed by atoms with E-state index in [0.717, 1.165) is 18.2 Å². The van der Waals surface area contributed by atoms with Gasteiger partial charge in [-0.3, -0.25) is 10.1 Å². The van der Waals surface area contributed by atoms with Gasteiger partial charge in [-0.15, -0.1) is 12.4 Å². The summed E-state index contributed by atoms with van der Waals surface area (Å²) < 4.78 is 13.1. The average molecular weight is 237 g/mol. The normalized spacial score (nSPS) is 11.7. The second kappa shape index (κ2) is 5.59. The predicted molar refractivity (Wildman–Crippen MR) is 54.3 cm³/mol. The van der Waals surface area contributed by atoms with Gasteiger partial charge in [0, 0.05) is 17.7 Å². The molecule has 0 spiro atoms. The molecule has 0 bridgehead atoms. The molecule has 0 heterocycles. The van der Waals surface area contributed by atoms with E-state index in [1.165, 1.54) is 0 Å². The highest BCUT2D eigenvalue weighted by atomic mass is 35.5. The van der Waals surface area contributed by atoms with E-state index in [9.17, 15) is 14.5 Å². The van der Waals surface area contributed by atoms with Crippen LogP contribution in [0.3, 0.4) is 0 Å². The maximum absolute atomic E-state index is 13.1. The Labute approximate surface area is 91.3 Å². The van der Waals surface area contributed by atoms with Gasteiger partial charge in [-0.25, -0.2) is 4.39 Å². The van der Waals surface area contributed by atoms with Gasteiger partial charge < -0.3 is 10.8 Å². The van der Waals surface area contributed by atoms with Gasteiger partial charge in [0.15, 0.2) is 0 Å². The first-order valence-electron chi connectivity index (χ1n) is 3.86. The standard InChI is InChI=1S/C8H9FN2O3.ClH/c9-7-2-1-5(11(13)14)3-6(7)8(10)4-12;/h1-3,8,12H,4,10H2;1H/t8-;/m0./s1. The number of nitro benzene ring substituents is 1. The Hall–Kier alpha value is -1.24. The molecule has 0 fully saturated rings. The van der Waals surface area contributed by atoms with Crippen molar-refractivity contribution in [2.45, 2.75) is 6.04 Å². The van der Waals surface area contributed by atoms with Crippen LogP contribution in [0.2, 0.25) is 0 Å². The predicted octanol–water partition coefficient (Wildman–Crippen LogP) is 1.15. The van der Waals surface area contributed by atoms with Gasteiger partial charge in [-0.05, 0) is 6.07 Å². The van der Waals surface area contributed by atoms with Crippen molar-refractivity contribution in [2.75, 3.05) is 6.61 Å². The summed E-state index contributed by atoms with van der Waals surface area (Å²) in [5.74, 6) is -0.655. The molecule has 3 N–H and O–H groups in total. The molecule has 1 aromatic rings. The molecule has 0 aliphatic rings. The molecule has 7 heteroatoms. The van der Waals surface area contributed by atoms with Crippen molar-refractivity contribution in [1.82, 2.24) is 0 Å². The van der Waals surface area contributed by atoms with E-state index in [1.54, 1.807) is 0 Å². The number of halogens is 2. The third-order valence-electron chi connectivity index (χ3n) is 1.79. The molecule has 1 aromatic carbocycles. The number of aliphatic hydroxyl groups is 1. The first kappa shape index (κ1) is 13.8. The average Bonchev–Trinajstić information content (AvgIpc) is 2.17. The number of hydrogen-bond acceptors (Lipinski definition) is 4. The molecule has 0 unspecified atom stereocenters. The van der Waals surface area contributed by atoms with E-state index < -0.39 is 23.4 Å². The molecule has 0 aliphatic carbocycles. The van der Waals surface area contributed by atoms with E-state index in [4.69, 9.17) is 10.8 Å². The van der Waals surface area contributed by atoms with Crippen molar-refractivity contribution < 1.29 is 14.4 Å². The minimum absolute atomic E-state index is 0. The van der Waals surface area contributed by atoms with Crippen molar-refractivity contribution in [3.05, 3.63) is 39.7 Å². The van der Waals surface area contributed by atoms with Crippen molar-refractivity contribution in [3.8, 4) is 0 Å². The highest BCUT2D eigenvalue weighted by Crippen LogP contribution is 2.20. The van der Waals surface area contributed by atoms with Gasteiger partial charge >= 0.3 is 0 Å². The second-order valence-electron chi connectivity index (χ2n) is 2.75. The lowest BCUT2D eigenvalue weighted by Gasteiger charge is -2.08. The Morgan fingerprint density at radius 3 is 2.67 bits per heavy atom. The fourth-order valence-corrected chi connectivity index (χ4v) is 1.03. The minimum Gasteiger partial charge on any atom is -0.394 e. The van der Waals surface area contributed by atoms with Gasteiger partial charge in [0.25, 0.3) is 5.69 Å². The van der Waals surface area contributed by atoms with Gasteiger partial charge in [-0.2, -0.15) is 0 Å². The number of benzene rings is 1. The molecule has 15 heavy (non-hydrogen) atoms. The summed E-state index contributed by atoms with van der Waals surface area (Å²) in [4.78, 5) is 9.71. The Morgan fingerprint density at radius 2 is 2.20 bits per heavy atom. The number of nitro groups is 1. The Balaban J connectivity index is 0.00000196. The van der Waals surface area contributed by atoms with Crippen LogP contribution in [0, 0.1) is 15.9 Å². The largest absolute Gasteiger partial charge is 0.394 e.